The topological polar surface area (TPSA) is 61.8 Å². The van der Waals surface area contributed by atoms with Crippen molar-refractivity contribution in [3.05, 3.63) is 72.8 Å². The molecule has 2 aromatic carbocycles. The minimum absolute atomic E-state index is 0.0993. The van der Waals surface area contributed by atoms with Gasteiger partial charge in [-0.1, -0.05) is 55.1 Å². The van der Waals surface area contributed by atoms with Gasteiger partial charge in [0.2, 0.25) is 0 Å². The van der Waals surface area contributed by atoms with Gasteiger partial charge in [-0.05, 0) is 17.2 Å². The summed E-state index contributed by atoms with van der Waals surface area (Å²) in [6, 6.07) is 16.7. The van der Waals surface area contributed by atoms with Gasteiger partial charge in [-0.25, -0.2) is 9.59 Å². The van der Waals surface area contributed by atoms with Crippen molar-refractivity contribution < 1.29 is 23.8 Å². The van der Waals surface area contributed by atoms with Crippen molar-refractivity contribution in [3.8, 4) is 11.1 Å². The molecule has 0 spiro atoms. The molecular weight excluding hydrogens is 320 g/mol. The summed E-state index contributed by atoms with van der Waals surface area (Å²) in [5, 5.41) is 0. The molecule has 5 nitrogen and oxygen atoms in total. The van der Waals surface area contributed by atoms with E-state index in [0.717, 1.165) is 17.2 Å². The fourth-order valence-electron chi connectivity index (χ4n) is 2.28. The molecule has 0 radical (unpaired) electrons. The number of methoxy groups -OCH3 is 1. The summed E-state index contributed by atoms with van der Waals surface area (Å²) in [7, 11) is 1.48. The third-order valence-corrected chi connectivity index (χ3v) is 3.44. The summed E-state index contributed by atoms with van der Waals surface area (Å²) in [5.74, 6) is -1.09. The van der Waals surface area contributed by atoms with Crippen LogP contribution >= 0.6 is 0 Å². The Balaban J connectivity index is 2.16. The minimum atomic E-state index is -0.703. The number of carbonyl (C=O) groups excluding carboxylic acids is 2. The van der Waals surface area contributed by atoms with Crippen molar-refractivity contribution in [1.82, 2.24) is 0 Å². The van der Waals surface area contributed by atoms with Crippen LogP contribution in [0.3, 0.4) is 0 Å². The largest absolute Gasteiger partial charge is 0.458 e. The molecule has 0 amide bonds. The average molecular weight is 340 g/mol. The normalized spacial score (nSPS) is 11.4. The predicted octanol–water partition coefficient (Wildman–Crippen LogP) is 3.25. The van der Waals surface area contributed by atoms with Crippen molar-refractivity contribution in [1.29, 1.82) is 0 Å². The highest BCUT2D eigenvalue weighted by atomic mass is 16.6. The zero-order valence-electron chi connectivity index (χ0n) is 14.0. The van der Waals surface area contributed by atoms with Gasteiger partial charge < -0.3 is 14.2 Å². The molecular formula is C20H20O5. The summed E-state index contributed by atoms with van der Waals surface area (Å²) < 4.78 is 15.4. The molecule has 0 fully saturated rings. The first-order valence-electron chi connectivity index (χ1n) is 7.79. The molecule has 0 heterocycles. The Bertz CT molecular complexity index is 724. The van der Waals surface area contributed by atoms with Crippen LogP contribution < -0.4 is 0 Å². The van der Waals surface area contributed by atoms with Gasteiger partial charge in [-0.3, -0.25) is 0 Å². The van der Waals surface area contributed by atoms with Gasteiger partial charge in [0.1, 0.15) is 6.61 Å². The van der Waals surface area contributed by atoms with E-state index in [4.69, 9.17) is 14.2 Å². The molecule has 5 heteroatoms. The maximum absolute atomic E-state index is 12.6. The Morgan fingerprint density at radius 1 is 1.04 bits per heavy atom. The molecule has 0 N–H and O–H groups in total. The highest BCUT2D eigenvalue weighted by molar-refractivity contribution is 5.97. The molecule has 0 saturated carbocycles. The van der Waals surface area contributed by atoms with E-state index in [1.807, 2.05) is 42.5 Å². The fourth-order valence-corrected chi connectivity index (χ4v) is 2.28. The Labute approximate surface area is 146 Å². The van der Waals surface area contributed by atoms with Crippen LogP contribution in [0.4, 0.5) is 0 Å². The van der Waals surface area contributed by atoms with E-state index in [2.05, 4.69) is 6.58 Å². The Kier molecular flexibility index (Phi) is 6.92. The van der Waals surface area contributed by atoms with Crippen molar-refractivity contribution in [2.75, 3.05) is 20.3 Å². The lowest BCUT2D eigenvalue weighted by molar-refractivity contribution is -0.141. The summed E-state index contributed by atoms with van der Waals surface area (Å²) in [6.45, 7) is 3.34. The Morgan fingerprint density at radius 2 is 1.72 bits per heavy atom. The second-order valence-corrected chi connectivity index (χ2v) is 5.23. The van der Waals surface area contributed by atoms with E-state index in [0.29, 0.717) is 5.56 Å². The lowest BCUT2D eigenvalue weighted by Gasteiger charge is -2.18. The van der Waals surface area contributed by atoms with Gasteiger partial charge in [0.15, 0.2) is 6.10 Å². The van der Waals surface area contributed by atoms with Gasteiger partial charge in [0, 0.05) is 13.2 Å². The van der Waals surface area contributed by atoms with E-state index in [9.17, 15) is 9.59 Å². The number of benzene rings is 2. The number of esters is 2. The van der Waals surface area contributed by atoms with Gasteiger partial charge >= 0.3 is 11.9 Å². The van der Waals surface area contributed by atoms with Crippen molar-refractivity contribution in [2.45, 2.75) is 6.10 Å². The molecule has 2 rings (SSSR count). The number of carbonyl (C=O) groups is 2. The first kappa shape index (κ1) is 18.4. The molecule has 130 valence electrons. The van der Waals surface area contributed by atoms with Gasteiger partial charge in [0.25, 0.3) is 0 Å². The standard InChI is InChI=1S/C20H20O5/c1-3-19(21)24-14-16(13-23-2)25-20(22)18-12-8-7-11-17(18)15-9-5-4-6-10-15/h3-12,16H,1,13-14H2,2H3. The molecule has 0 bridgehead atoms. The molecule has 0 aliphatic heterocycles. The van der Waals surface area contributed by atoms with E-state index < -0.39 is 18.0 Å². The van der Waals surface area contributed by atoms with Crippen molar-refractivity contribution in [2.24, 2.45) is 0 Å². The van der Waals surface area contributed by atoms with Gasteiger partial charge in [0.05, 0.1) is 12.2 Å². The van der Waals surface area contributed by atoms with E-state index in [-0.39, 0.29) is 13.2 Å². The lowest BCUT2D eigenvalue weighted by atomic mass is 10.00. The van der Waals surface area contributed by atoms with Crippen molar-refractivity contribution >= 4 is 11.9 Å². The molecule has 0 saturated heterocycles. The monoisotopic (exact) mass is 340 g/mol. The number of rotatable bonds is 8. The van der Waals surface area contributed by atoms with Gasteiger partial charge in [-0.15, -0.1) is 0 Å². The van der Waals surface area contributed by atoms with Crippen LogP contribution in [-0.2, 0) is 19.0 Å². The van der Waals surface area contributed by atoms with Gasteiger partial charge in [-0.2, -0.15) is 0 Å². The third kappa shape index (κ3) is 5.29. The number of ether oxygens (including phenoxy) is 3. The third-order valence-electron chi connectivity index (χ3n) is 3.44. The summed E-state index contributed by atoms with van der Waals surface area (Å²) in [5.41, 5.74) is 2.12. The highest BCUT2D eigenvalue weighted by Gasteiger charge is 2.20. The Morgan fingerprint density at radius 3 is 2.40 bits per heavy atom. The van der Waals surface area contributed by atoms with E-state index in [1.165, 1.54) is 7.11 Å². The van der Waals surface area contributed by atoms with Crippen LogP contribution in [0, 0.1) is 0 Å². The zero-order chi connectivity index (χ0) is 18.1. The first-order chi connectivity index (χ1) is 12.2. The van der Waals surface area contributed by atoms with Crippen LogP contribution in [0.15, 0.2) is 67.3 Å². The molecule has 1 unspecified atom stereocenters. The number of hydrogen-bond acceptors (Lipinski definition) is 5. The quantitative estimate of drug-likeness (QED) is 0.545. The summed E-state index contributed by atoms with van der Waals surface area (Å²) in [4.78, 5) is 23.8. The molecule has 0 aliphatic carbocycles. The molecule has 0 aliphatic rings. The fraction of sp³-hybridized carbons (Fsp3) is 0.200. The second-order valence-electron chi connectivity index (χ2n) is 5.23. The first-order valence-corrected chi connectivity index (χ1v) is 7.79. The maximum atomic E-state index is 12.6. The summed E-state index contributed by atoms with van der Waals surface area (Å²) >= 11 is 0. The van der Waals surface area contributed by atoms with Crippen LogP contribution in [0.2, 0.25) is 0 Å². The van der Waals surface area contributed by atoms with Crippen LogP contribution in [-0.4, -0.2) is 38.4 Å². The molecule has 2 aromatic rings. The molecule has 25 heavy (non-hydrogen) atoms. The zero-order valence-corrected chi connectivity index (χ0v) is 14.0. The van der Waals surface area contributed by atoms with Crippen LogP contribution in [0.1, 0.15) is 10.4 Å². The second kappa shape index (κ2) is 9.39. The summed E-state index contributed by atoms with van der Waals surface area (Å²) in [6.07, 6.45) is 0.348. The lowest BCUT2D eigenvalue weighted by Crippen LogP contribution is -2.29. The smallest absolute Gasteiger partial charge is 0.339 e. The van der Waals surface area contributed by atoms with Crippen molar-refractivity contribution in [3.63, 3.8) is 0 Å². The van der Waals surface area contributed by atoms with Crippen LogP contribution in [0.25, 0.3) is 11.1 Å². The SMILES string of the molecule is C=CC(=O)OCC(COC)OC(=O)c1ccccc1-c1ccccc1. The van der Waals surface area contributed by atoms with E-state index in [1.54, 1.807) is 12.1 Å². The minimum Gasteiger partial charge on any atom is -0.458 e. The number of hydrogen-bond donors (Lipinski definition) is 0. The maximum Gasteiger partial charge on any atom is 0.339 e. The van der Waals surface area contributed by atoms with E-state index >= 15 is 0 Å². The molecule has 1 atom stereocenters. The predicted molar refractivity (Wildman–Crippen MR) is 94.1 cm³/mol. The Hall–Kier alpha value is -2.92. The molecule has 0 aromatic heterocycles. The average Bonchev–Trinajstić information content (AvgIpc) is 2.66. The van der Waals surface area contributed by atoms with Crippen LogP contribution in [0.5, 0.6) is 0 Å². The highest BCUT2D eigenvalue weighted by Crippen LogP contribution is 2.24.